The summed E-state index contributed by atoms with van der Waals surface area (Å²) in [5, 5.41) is 12.8. The van der Waals surface area contributed by atoms with Gasteiger partial charge in [0.15, 0.2) is 0 Å². The second-order valence-electron chi connectivity index (χ2n) is 5.58. The quantitative estimate of drug-likeness (QED) is 0.261. The molecule has 1 aliphatic rings. The van der Waals surface area contributed by atoms with Crippen molar-refractivity contribution in [3.8, 4) is 0 Å². The molecule has 0 spiro atoms. The van der Waals surface area contributed by atoms with Gasteiger partial charge in [-0.25, -0.2) is 0 Å². The van der Waals surface area contributed by atoms with E-state index in [9.17, 15) is 4.79 Å². The molecule has 0 radical (unpaired) electrons. The number of ether oxygens (including phenoxy) is 2. The maximum absolute atomic E-state index is 12.7. The summed E-state index contributed by atoms with van der Waals surface area (Å²) in [6.07, 6.45) is 1.20. The summed E-state index contributed by atoms with van der Waals surface area (Å²) < 4.78 is 11.0. The van der Waals surface area contributed by atoms with Crippen molar-refractivity contribution in [2.75, 3.05) is 51.3 Å². The van der Waals surface area contributed by atoms with Crippen LogP contribution in [0.4, 0.5) is 5.69 Å². The monoisotopic (exact) mass is 347 g/mol. The van der Waals surface area contributed by atoms with Gasteiger partial charge in [-0.1, -0.05) is 18.2 Å². The lowest BCUT2D eigenvalue weighted by Crippen LogP contribution is -2.89. The van der Waals surface area contributed by atoms with Gasteiger partial charge >= 0.3 is 0 Å². The van der Waals surface area contributed by atoms with Crippen LogP contribution < -0.4 is 10.6 Å². The molecular formula is C18H27N4O3+. The molecule has 0 aromatic heterocycles. The summed E-state index contributed by atoms with van der Waals surface area (Å²) in [6.45, 7) is 6.60. The van der Waals surface area contributed by atoms with E-state index in [4.69, 9.17) is 14.9 Å². The first-order valence-electron chi connectivity index (χ1n) is 8.64. The minimum absolute atomic E-state index is 0.167. The molecule has 1 aliphatic heterocycles. The Kier molecular flexibility index (Phi) is 7.94. The van der Waals surface area contributed by atoms with Crippen molar-refractivity contribution < 1.29 is 19.6 Å². The van der Waals surface area contributed by atoms with Gasteiger partial charge in [-0.2, -0.15) is 0 Å². The molecular weight excluding hydrogens is 320 g/mol. The summed E-state index contributed by atoms with van der Waals surface area (Å²) in [5.74, 6) is -0.184. The largest absolute Gasteiger partial charge is 0.484 e. The van der Waals surface area contributed by atoms with Crippen LogP contribution in [-0.4, -0.2) is 63.0 Å². The number of rotatable bonds is 9. The average molecular weight is 347 g/mol. The smallest absolute Gasteiger partial charge is 0.293 e. The molecule has 25 heavy (non-hydrogen) atoms. The third-order valence-corrected chi connectivity index (χ3v) is 3.83. The predicted octanol–water partition coefficient (Wildman–Crippen LogP) is 0.418. The Labute approximate surface area is 148 Å². The Balaban J connectivity index is 2.18. The summed E-state index contributed by atoms with van der Waals surface area (Å²) >= 11 is 0. The molecule has 1 saturated heterocycles. The van der Waals surface area contributed by atoms with E-state index < -0.39 is 0 Å². The highest BCUT2D eigenvalue weighted by Gasteiger charge is 2.23. The molecule has 4 N–H and O–H groups in total. The number of quaternary nitrogens is 1. The minimum Gasteiger partial charge on any atom is -0.484 e. The Morgan fingerprint density at radius 1 is 1.28 bits per heavy atom. The summed E-state index contributed by atoms with van der Waals surface area (Å²) in [7, 11) is 0. The number of piperazine rings is 1. The van der Waals surface area contributed by atoms with E-state index in [1.165, 1.54) is 6.21 Å². The fourth-order valence-corrected chi connectivity index (χ4v) is 2.60. The molecule has 0 unspecified atom stereocenters. The topological polar surface area (TPSA) is 91.3 Å². The van der Waals surface area contributed by atoms with E-state index in [2.05, 4.69) is 10.6 Å². The SMILES string of the molecule is CCOCCOC(C(=O)Nc1ccccc1)=C(C=N)N1CC[NH2+]CC1. The molecule has 0 aliphatic carbocycles. The molecule has 1 aromatic rings. The highest BCUT2D eigenvalue weighted by molar-refractivity contribution is 6.05. The van der Waals surface area contributed by atoms with Crippen LogP contribution in [0, 0.1) is 5.41 Å². The molecule has 7 nitrogen and oxygen atoms in total. The predicted molar refractivity (Wildman–Crippen MR) is 96.6 cm³/mol. The first-order chi connectivity index (χ1) is 12.3. The highest BCUT2D eigenvalue weighted by atomic mass is 16.5. The Morgan fingerprint density at radius 3 is 2.64 bits per heavy atom. The average Bonchev–Trinajstić information content (AvgIpc) is 2.66. The lowest BCUT2D eigenvalue weighted by atomic mass is 10.2. The molecule has 0 atom stereocenters. The number of nitrogens with two attached hydrogens (primary N) is 1. The van der Waals surface area contributed by atoms with E-state index in [1.807, 2.05) is 42.2 Å². The van der Waals surface area contributed by atoms with Gasteiger partial charge in [0.2, 0.25) is 5.76 Å². The standard InChI is InChI=1S/C18H26N4O3/c1-2-24-12-13-25-17(16(14-19)22-10-8-20-9-11-22)18(23)21-15-6-4-3-5-7-15/h3-7,14,19-20H,2,8-13H2,1H3,(H,21,23)/p+1. The van der Waals surface area contributed by atoms with Crippen LogP contribution in [0.3, 0.4) is 0 Å². The van der Waals surface area contributed by atoms with Gasteiger partial charge in [-0.05, 0) is 19.1 Å². The van der Waals surface area contributed by atoms with E-state index in [1.54, 1.807) is 0 Å². The van der Waals surface area contributed by atoms with Crippen LogP contribution in [-0.2, 0) is 14.3 Å². The van der Waals surface area contributed by atoms with Crippen LogP contribution in [0.25, 0.3) is 0 Å². The van der Waals surface area contributed by atoms with Gasteiger partial charge < -0.3 is 30.4 Å². The molecule has 1 heterocycles. The van der Waals surface area contributed by atoms with E-state index >= 15 is 0 Å². The van der Waals surface area contributed by atoms with Crippen LogP contribution in [0.15, 0.2) is 41.8 Å². The number of para-hydroxylation sites is 1. The molecule has 0 saturated carbocycles. The second-order valence-corrected chi connectivity index (χ2v) is 5.58. The lowest BCUT2D eigenvalue weighted by Gasteiger charge is -2.29. The van der Waals surface area contributed by atoms with Crippen LogP contribution in [0.1, 0.15) is 6.92 Å². The summed E-state index contributed by atoms with van der Waals surface area (Å²) in [5.41, 5.74) is 1.20. The van der Waals surface area contributed by atoms with Crippen molar-refractivity contribution in [1.82, 2.24) is 4.90 Å². The van der Waals surface area contributed by atoms with Crippen molar-refractivity contribution in [1.29, 1.82) is 5.41 Å². The van der Waals surface area contributed by atoms with Crippen LogP contribution in [0.5, 0.6) is 0 Å². The number of hydrogen-bond acceptors (Lipinski definition) is 5. The van der Waals surface area contributed by atoms with Gasteiger partial charge in [0.25, 0.3) is 5.91 Å². The zero-order chi connectivity index (χ0) is 17.9. The molecule has 136 valence electrons. The number of amides is 1. The van der Waals surface area contributed by atoms with Crippen LogP contribution in [0.2, 0.25) is 0 Å². The number of hydrogen-bond donors (Lipinski definition) is 3. The fraction of sp³-hybridized carbons (Fsp3) is 0.444. The Morgan fingerprint density at radius 2 is 2.00 bits per heavy atom. The second kappa shape index (κ2) is 10.5. The fourth-order valence-electron chi connectivity index (χ4n) is 2.60. The maximum atomic E-state index is 12.7. The van der Waals surface area contributed by atoms with Crippen molar-refractivity contribution in [2.45, 2.75) is 6.92 Å². The van der Waals surface area contributed by atoms with Crippen molar-refractivity contribution in [2.24, 2.45) is 0 Å². The zero-order valence-corrected chi connectivity index (χ0v) is 14.7. The zero-order valence-electron chi connectivity index (χ0n) is 14.7. The normalized spacial score (nSPS) is 15.3. The number of anilines is 1. The third-order valence-electron chi connectivity index (χ3n) is 3.83. The molecule has 7 heteroatoms. The summed E-state index contributed by atoms with van der Waals surface area (Å²) in [4.78, 5) is 14.8. The number of benzene rings is 1. The van der Waals surface area contributed by atoms with Crippen molar-refractivity contribution in [3.05, 3.63) is 41.8 Å². The Hall–Kier alpha value is -2.38. The molecule has 1 amide bonds. The van der Waals surface area contributed by atoms with Crippen LogP contribution >= 0.6 is 0 Å². The lowest BCUT2D eigenvalue weighted by molar-refractivity contribution is -0.662. The minimum atomic E-state index is -0.351. The van der Waals surface area contributed by atoms with Crippen molar-refractivity contribution >= 4 is 17.8 Å². The van der Waals surface area contributed by atoms with E-state index in [0.717, 1.165) is 26.2 Å². The maximum Gasteiger partial charge on any atom is 0.293 e. The van der Waals surface area contributed by atoms with Gasteiger partial charge in [-0.15, -0.1) is 0 Å². The number of nitrogens with zero attached hydrogens (tertiary/aromatic N) is 1. The first-order valence-corrected chi connectivity index (χ1v) is 8.64. The first kappa shape index (κ1) is 19.0. The number of carbonyl (C=O) groups is 1. The molecule has 1 aromatic carbocycles. The van der Waals surface area contributed by atoms with Gasteiger partial charge in [0, 0.05) is 18.5 Å². The van der Waals surface area contributed by atoms with Gasteiger partial charge in [0.05, 0.1) is 32.8 Å². The number of allylic oxidation sites excluding steroid dienone is 1. The van der Waals surface area contributed by atoms with E-state index in [-0.39, 0.29) is 18.3 Å². The van der Waals surface area contributed by atoms with E-state index in [0.29, 0.717) is 24.6 Å². The molecule has 2 rings (SSSR count). The number of nitrogens with one attached hydrogen (secondary N) is 2. The summed E-state index contributed by atoms with van der Waals surface area (Å²) in [6, 6.07) is 9.23. The Bertz CT molecular complexity index is 583. The third kappa shape index (κ3) is 5.88. The molecule has 0 bridgehead atoms. The van der Waals surface area contributed by atoms with Gasteiger partial charge in [-0.3, -0.25) is 4.79 Å². The van der Waals surface area contributed by atoms with Crippen molar-refractivity contribution in [3.63, 3.8) is 0 Å². The number of carbonyl (C=O) groups excluding carboxylic acids is 1. The molecule has 1 fully saturated rings. The highest BCUT2D eigenvalue weighted by Crippen LogP contribution is 2.14. The van der Waals surface area contributed by atoms with Gasteiger partial charge in [0.1, 0.15) is 12.3 Å².